The van der Waals surface area contributed by atoms with E-state index in [9.17, 15) is 9.90 Å². The van der Waals surface area contributed by atoms with E-state index in [1.165, 1.54) is 0 Å². The van der Waals surface area contributed by atoms with Gasteiger partial charge in [0.25, 0.3) is 0 Å². The molecule has 6 heteroatoms. The summed E-state index contributed by atoms with van der Waals surface area (Å²) >= 11 is 0. The highest BCUT2D eigenvalue weighted by atomic mass is 16.5. The van der Waals surface area contributed by atoms with Crippen molar-refractivity contribution in [1.29, 1.82) is 0 Å². The second-order valence-electron chi connectivity index (χ2n) is 9.38. The molecule has 4 rings (SSSR count). The number of imidazole rings is 1. The Bertz CT molecular complexity index is 1080. The van der Waals surface area contributed by atoms with Crippen LogP contribution in [0.2, 0.25) is 0 Å². The second-order valence-corrected chi connectivity index (χ2v) is 9.38. The third kappa shape index (κ3) is 4.44. The first-order valence-corrected chi connectivity index (χ1v) is 10.9. The van der Waals surface area contributed by atoms with Crippen molar-refractivity contribution in [2.24, 2.45) is 0 Å². The quantitative estimate of drug-likeness (QED) is 0.656. The fourth-order valence-electron chi connectivity index (χ4n) is 4.29. The molecule has 0 saturated carbocycles. The second kappa shape index (κ2) is 8.35. The molecule has 3 aromatic rings. The average molecular weight is 422 g/mol. The van der Waals surface area contributed by atoms with Crippen LogP contribution in [-0.4, -0.2) is 50.3 Å². The van der Waals surface area contributed by atoms with Crippen LogP contribution < -0.4 is 4.74 Å². The van der Waals surface area contributed by atoms with Crippen LogP contribution in [0.15, 0.2) is 48.5 Å². The highest BCUT2D eigenvalue weighted by Crippen LogP contribution is 2.34. The summed E-state index contributed by atoms with van der Waals surface area (Å²) in [5, 5.41) is 10.8. The molecular weight excluding hydrogens is 390 g/mol. The van der Waals surface area contributed by atoms with Crippen molar-refractivity contribution in [2.45, 2.75) is 58.2 Å². The summed E-state index contributed by atoms with van der Waals surface area (Å²) in [6, 6.07) is 15.7. The van der Waals surface area contributed by atoms with E-state index in [-0.39, 0.29) is 24.0 Å². The fourth-order valence-corrected chi connectivity index (χ4v) is 4.29. The van der Waals surface area contributed by atoms with E-state index >= 15 is 0 Å². The van der Waals surface area contributed by atoms with Gasteiger partial charge in [-0.05, 0) is 51.5 Å². The van der Waals surface area contributed by atoms with E-state index in [0.717, 1.165) is 28.2 Å². The van der Waals surface area contributed by atoms with Gasteiger partial charge in [0.05, 0.1) is 17.6 Å². The lowest BCUT2D eigenvalue weighted by Gasteiger charge is -2.32. The molecule has 1 aliphatic heterocycles. The number of para-hydroxylation sites is 3. The standard InChI is InChI=1S/C25H31N3O3/c1-17-9-5-8-12-22(17)31-16-19(29)15-27-21-11-7-6-10-20(21)26-24(27)18-13-23(30)28(14-18)25(2,3)4/h5-12,18-19,29H,13-16H2,1-4H3/t18-,19-/m1/s1. The molecule has 2 atom stereocenters. The lowest BCUT2D eigenvalue weighted by atomic mass is 10.1. The number of nitrogens with zero attached hydrogens (tertiary/aromatic N) is 3. The number of aliphatic hydroxyl groups excluding tert-OH is 1. The SMILES string of the molecule is Cc1ccccc1OC[C@H](O)Cn1c([C@@H]2CC(=O)N(C(C)(C)C)C2)nc2ccccc21. The van der Waals surface area contributed by atoms with Crippen LogP contribution in [-0.2, 0) is 11.3 Å². The van der Waals surface area contributed by atoms with Gasteiger partial charge in [0.15, 0.2) is 0 Å². The molecule has 0 unspecified atom stereocenters. The number of ether oxygens (including phenoxy) is 1. The Labute approximate surface area is 183 Å². The van der Waals surface area contributed by atoms with Crippen molar-refractivity contribution in [3.05, 3.63) is 59.9 Å². The van der Waals surface area contributed by atoms with Gasteiger partial charge in [0.2, 0.25) is 5.91 Å². The maximum absolute atomic E-state index is 12.7. The van der Waals surface area contributed by atoms with Crippen molar-refractivity contribution in [3.8, 4) is 5.75 Å². The summed E-state index contributed by atoms with van der Waals surface area (Å²) in [6.07, 6.45) is -0.261. The summed E-state index contributed by atoms with van der Waals surface area (Å²) in [4.78, 5) is 19.5. The number of benzene rings is 2. The first-order valence-electron chi connectivity index (χ1n) is 10.9. The average Bonchev–Trinajstić information content (AvgIpc) is 3.28. The lowest BCUT2D eigenvalue weighted by Crippen LogP contribution is -2.42. The molecule has 31 heavy (non-hydrogen) atoms. The van der Waals surface area contributed by atoms with E-state index in [4.69, 9.17) is 9.72 Å². The molecule has 1 saturated heterocycles. The van der Waals surface area contributed by atoms with Crippen LogP contribution in [0.25, 0.3) is 11.0 Å². The number of aromatic nitrogens is 2. The predicted octanol–water partition coefficient (Wildman–Crippen LogP) is 3.90. The monoisotopic (exact) mass is 421 g/mol. The highest BCUT2D eigenvalue weighted by molar-refractivity contribution is 5.81. The van der Waals surface area contributed by atoms with E-state index < -0.39 is 6.10 Å². The zero-order chi connectivity index (χ0) is 22.2. The molecular formula is C25H31N3O3. The zero-order valence-corrected chi connectivity index (χ0v) is 18.7. The topological polar surface area (TPSA) is 67.6 Å². The molecule has 0 spiro atoms. The molecule has 1 aromatic heterocycles. The number of carbonyl (C=O) groups excluding carboxylic acids is 1. The zero-order valence-electron chi connectivity index (χ0n) is 18.7. The molecule has 2 aromatic carbocycles. The molecule has 0 bridgehead atoms. The molecule has 1 fully saturated rings. The van der Waals surface area contributed by atoms with Crippen molar-refractivity contribution in [3.63, 3.8) is 0 Å². The van der Waals surface area contributed by atoms with Gasteiger partial charge in [-0.15, -0.1) is 0 Å². The Hall–Kier alpha value is -2.86. The molecule has 1 amide bonds. The van der Waals surface area contributed by atoms with Gasteiger partial charge in [-0.3, -0.25) is 4.79 Å². The van der Waals surface area contributed by atoms with Gasteiger partial charge in [0, 0.05) is 24.4 Å². The van der Waals surface area contributed by atoms with Gasteiger partial charge in [0.1, 0.15) is 24.3 Å². The predicted molar refractivity (Wildman–Crippen MR) is 121 cm³/mol. The van der Waals surface area contributed by atoms with Crippen molar-refractivity contribution >= 4 is 16.9 Å². The minimum absolute atomic E-state index is 0.00334. The molecule has 164 valence electrons. The van der Waals surface area contributed by atoms with Crippen molar-refractivity contribution in [2.75, 3.05) is 13.2 Å². The van der Waals surface area contributed by atoms with Crippen molar-refractivity contribution < 1.29 is 14.6 Å². The number of hydrogen-bond acceptors (Lipinski definition) is 4. The molecule has 2 heterocycles. The smallest absolute Gasteiger partial charge is 0.223 e. The van der Waals surface area contributed by atoms with Gasteiger partial charge >= 0.3 is 0 Å². The first kappa shape index (κ1) is 21.4. The van der Waals surface area contributed by atoms with Gasteiger partial charge < -0.3 is 19.3 Å². The number of aliphatic hydroxyl groups is 1. The van der Waals surface area contributed by atoms with Crippen LogP contribution >= 0.6 is 0 Å². The number of fused-ring (bicyclic) bond motifs is 1. The van der Waals surface area contributed by atoms with Crippen LogP contribution in [0, 0.1) is 6.92 Å². The molecule has 1 aliphatic rings. The van der Waals surface area contributed by atoms with Crippen molar-refractivity contribution in [1.82, 2.24) is 14.5 Å². The molecule has 6 nitrogen and oxygen atoms in total. The maximum Gasteiger partial charge on any atom is 0.223 e. The Balaban J connectivity index is 1.57. The number of rotatable bonds is 6. The van der Waals surface area contributed by atoms with E-state index in [1.54, 1.807) is 0 Å². The van der Waals surface area contributed by atoms with E-state index in [0.29, 0.717) is 19.5 Å². The molecule has 0 aliphatic carbocycles. The lowest BCUT2D eigenvalue weighted by molar-refractivity contribution is -0.131. The minimum Gasteiger partial charge on any atom is -0.491 e. The van der Waals surface area contributed by atoms with Crippen LogP contribution in [0.5, 0.6) is 5.75 Å². The van der Waals surface area contributed by atoms with Gasteiger partial charge in [-0.25, -0.2) is 4.98 Å². The summed E-state index contributed by atoms with van der Waals surface area (Å²) in [5.74, 6) is 1.79. The fraction of sp³-hybridized carbons (Fsp3) is 0.440. The molecule has 1 N–H and O–H groups in total. The Morgan fingerprint density at radius 3 is 2.58 bits per heavy atom. The summed E-state index contributed by atoms with van der Waals surface area (Å²) in [7, 11) is 0. The summed E-state index contributed by atoms with van der Waals surface area (Å²) in [5.41, 5.74) is 2.67. The van der Waals surface area contributed by atoms with Crippen LogP contribution in [0.3, 0.4) is 0 Å². The highest BCUT2D eigenvalue weighted by Gasteiger charge is 2.39. The van der Waals surface area contributed by atoms with Crippen LogP contribution in [0.1, 0.15) is 44.5 Å². The number of amides is 1. The maximum atomic E-state index is 12.7. The normalized spacial score (nSPS) is 18.0. The van der Waals surface area contributed by atoms with E-state index in [2.05, 4.69) is 25.3 Å². The summed E-state index contributed by atoms with van der Waals surface area (Å²) in [6.45, 7) is 9.36. The third-order valence-corrected chi connectivity index (χ3v) is 5.90. The number of aryl methyl sites for hydroxylation is 1. The minimum atomic E-state index is -0.702. The number of carbonyl (C=O) groups is 1. The summed E-state index contributed by atoms with van der Waals surface area (Å²) < 4.78 is 7.92. The Morgan fingerprint density at radius 2 is 1.87 bits per heavy atom. The Morgan fingerprint density at radius 1 is 1.16 bits per heavy atom. The largest absolute Gasteiger partial charge is 0.491 e. The van der Waals surface area contributed by atoms with Gasteiger partial charge in [-0.1, -0.05) is 30.3 Å². The Kier molecular flexibility index (Phi) is 5.75. The van der Waals surface area contributed by atoms with Crippen LogP contribution in [0.4, 0.5) is 0 Å². The first-order chi connectivity index (χ1) is 14.7. The number of likely N-dealkylation sites (tertiary alicyclic amines) is 1. The third-order valence-electron chi connectivity index (χ3n) is 5.90. The number of hydrogen-bond donors (Lipinski definition) is 1. The molecule has 0 radical (unpaired) electrons. The van der Waals surface area contributed by atoms with Gasteiger partial charge in [-0.2, -0.15) is 0 Å². The van der Waals surface area contributed by atoms with E-state index in [1.807, 2.05) is 60.4 Å².